The van der Waals surface area contributed by atoms with Crippen LogP contribution >= 0.6 is 0 Å². The number of rotatable bonds is 9. The molecule has 1 N–H and O–H groups in total. The van der Waals surface area contributed by atoms with E-state index in [1.54, 1.807) is 13.1 Å². The lowest BCUT2D eigenvalue weighted by atomic mass is 9.98. The Bertz CT molecular complexity index is 1500. The first-order chi connectivity index (χ1) is 18.2. The topological polar surface area (TPSA) is 110 Å². The lowest BCUT2D eigenvalue weighted by molar-refractivity contribution is 0.0527. The predicted molar refractivity (Wildman–Crippen MR) is 142 cm³/mol. The Morgan fingerprint density at radius 1 is 1.00 bits per heavy atom. The van der Waals surface area contributed by atoms with Crippen molar-refractivity contribution in [2.75, 3.05) is 18.1 Å². The molecule has 0 atom stereocenters. The summed E-state index contributed by atoms with van der Waals surface area (Å²) in [5, 5.41) is 15.3. The summed E-state index contributed by atoms with van der Waals surface area (Å²) < 4.78 is 5.36. The zero-order valence-corrected chi connectivity index (χ0v) is 20.8. The van der Waals surface area contributed by atoms with Gasteiger partial charge in [-0.2, -0.15) is 5.21 Å². The molecule has 0 aliphatic carbocycles. The first kappa shape index (κ1) is 24.1. The molecule has 0 amide bonds. The van der Waals surface area contributed by atoms with Crippen molar-refractivity contribution in [2.45, 2.75) is 26.8 Å². The van der Waals surface area contributed by atoms with Crippen LogP contribution in [0.3, 0.4) is 0 Å². The van der Waals surface area contributed by atoms with Crippen molar-refractivity contribution in [1.29, 1.82) is 0 Å². The number of nitrogens with one attached hydrogen (secondary N) is 1. The quantitative estimate of drug-likeness (QED) is 0.283. The molecule has 0 bridgehead atoms. The normalized spacial score (nSPS) is 11.0. The van der Waals surface area contributed by atoms with Crippen molar-refractivity contribution >= 4 is 22.8 Å². The highest BCUT2D eigenvalue weighted by molar-refractivity contribution is 5.98. The number of anilines is 1. The molecule has 3 heterocycles. The summed E-state index contributed by atoms with van der Waals surface area (Å²) in [4.78, 5) is 24.2. The minimum Gasteiger partial charge on any atom is -0.462 e. The van der Waals surface area contributed by atoms with E-state index in [0.717, 1.165) is 40.6 Å². The maximum Gasteiger partial charge on any atom is 0.341 e. The summed E-state index contributed by atoms with van der Waals surface area (Å²) in [6.07, 6.45) is 2.60. The van der Waals surface area contributed by atoms with Crippen molar-refractivity contribution in [2.24, 2.45) is 0 Å². The number of pyridine rings is 2. The van der Waals surface area contributed by atoms with Crippen LogP contribution in [0.5, 0.6) is 0 Å². The zero-order valence-electron chi connectivity index (χ0n) is 20.8. The third kappa shape index (κ3) is 5.16. The molecule has 2 aromatic carbocycles. The number of fused-ring (bicyclic) bond motifs is 1. The zero-order chi connectivity index (χ0) is 25.6. The van der Waals surface area contributed by atoms with E-state index in [-0.39, 0.29) is 5.97 Å². The largest absolute Gasteiger partial charge is 0.462 e. The van der Waals surface area contributed by atoms with Crippen LogP contribution in [0, 0.1) is 0 Å². The molecule has 9 nitrogen and oxygen atoms in total. The number of carbonyl (C=O) groups excluding carboxylic acids is 1. The number of ether oxygens (including phenoxy) is 1. The van der Waals surface area contributed by atoms with E-state index in [2.05, 4.69) is 61.7 Å². The molecule has 0 saturated carbocycles. The van der Waals surface area contributed by atoms with Crippen LogP contribution in [0.1, 0.15) is 36.2 Å². The first-order valence-corrected chi connectivity index (χ1v) is 12.3. The Labute approximate surface area is 214 Å². The third-order valence-corrected chi connectivity index (χ3v) is 6.01. The van der Waals surface area contributed by atoms with Crippen molar-refractivity contribution in [1.82, 2.24) is 30.6 Å². The lowest BCUT2D eigenvalue weighted by Crippen LogP contribution is -2.27. The Morgan fingerprint density at radius 2 is 1.81 bits per heavy atom. The second-order valence-electron chi connectivity index (χ2n) is 8.53. The number of esters is 1. The van der Waals surface area contributed by atoms with Gasteiger partial charge >= 0.3 is 5.97 Å². The van der Waals surface area contributed by atoms with Crippen LogP contribution in [-0.2, 0) is 11.3 Å². The van der Waals surface area contributed by atoms with Crippen LogP contribution in [-0.4, -0.2) is 49.7 Å². The summed E-state index contributed by atoms with van der Waals surface area (Å²) in [6.45, 7) is 5.51. The molecule has 5 rings (SSSR count). The van der Waals surface area contributed by atoms with Crippen LogP contribution in [0.15, 0.2) is 72.9 Å². The molecule has 37 heavy (non-hydrogen) atoms. The number of nitrogens with zero attached hydrogens (tertiary/aromatic N) is 6. The summed E-state index contributed by atoms with van der Waals surface area (Å²) >= 11 is 0. The van der Waals surface area contributed by atoms with Crippen molar-refractivity contribution < 1.29 is 9.53 Å². The van der Waals surface area contributed by atoms with Gasteiger partial charge in [-0.05, 0) is 53.4 Å². The van der Waals surface area contributed by atoms with Crippen LogP contribution in [0.4, 0.5) is 5.82 Å². The third-order valence-electron chi connectivity index (χ3n) is 6.01. The van der Waals surface area contributed by atoms with Crippen LogP contribution < -0.4 is 4.90 Å². The Hall–Kier alpha value is -4.66. The number of H-pyrrole nitrogens is 1. The highest BCUT2D eigenvalue weighted by atomic mass is 16.5. The molecule has 5 aromatic rings. The van der Waals surface area contributed by atoms with Crippen molar-refractivity contribution in [3.8, 4) is 22.5 Å². The number of carbonyl (C=O) groups is 1. The Balaban J connectivity index is 1.48. The molecule has 0 spiro atoms. The van der Waals surface area contributed by atoms with E-state index in [4.69, 9.17) is 9.72 Å². The molecule has 9 heteroatoms. The Morgan fingerprint density at radius 3 is 2.54 bits per heavy atom. The highest BCUT2D eigenvalue weighted by Gasteiger charge is 2.21. The van der Waals surface area contributed by atoms with E-state index in [1.165, 1.54) is 0 Å². The SMILES string of the molecule is CCCN(Cc1ccc(-c2ccccc2-c2nn[nH]n2)cc1)c1nc2ncccc2cc1C(=O)OCC. The molecule has 0 radical (unpaired) electrons. The maximum atomic E-state index is 12.9. The van der Waals surface area contributed by atoms with Crippen molar-refractivity contribution in [3.05, 3.63) is 84.1 Å². The monoisotopic (exact) mass is 493 g/mol. The molecule has 0 aliphatic heterocycles. The second-order valence-corrected chi connectivity index (χ2v) is 8.53. The summed E-state index contributed by atoms with van der Waals surface area (Å²) in [5.41, 5.74) is 5.11. The van der Waals surface area contributed by atoms with Gasteiger partial charge in [0.1, 0.15) is 11.4 Å². The minimum absolute atomic E-state index is 0.296. The van der Waals surface area contributed by atoms with Crippen LogP contribution in [0.2, 0.25) is 0 Å². The van der Waals surface area contributed by atoms with Crippen molar-refractivity contribution in [3.63, 3.8) is 0 Å². The smallest absolute Gasteiger partial charge is 0.341 e. The number of benzene rings is 2. The van der Waals surface area contributed by atoms with Crippen LogP contribution in [0.25, 0.3) is 33.5 Å². The summed E-state index contributed by atoms with van der Waals surface area (Å²) in [5.74, 6) is 0.750. The molecule has 0 saturated heterocycles. The maximum absolute atomic E-state index is 12.9. The molecule has 0 aliphatic rings. The van der Waals surface area contributed by atoms with Gasteiger partial charge in [0, 0.05) is 30.2 Å². The van der Waals surface area contributed by atoms with Gasteiger partial charge in [-0.1, -0.05) is 55.5 Å². The number of aromatic amines is 1. The number of hydrogen-bond donors (Lipinski definition) is 1. The molecule has 0 fully saturated rings. The van der Waals surface area contributed by atoms with Gasteiger partial charge in [0.15, 0.2) is 5.65 Å². The predicted octanol–water partition coefficient (Wildman–Crippen LogP) is 5.07. The van der Waals surface area contributed by atoms with E-state index < -0.39 is 0 Å². The molecular formula is C28H27N7O2. The van der Waals surface area contributed by atoms with Gasteiger partial charge in [-0.25, -0.2) is 14.8 Å². The van der Waals surface area contributed by atoms with Gasteiger partial charge in [0.25, 0.3) is 0 Å². The fourth-order valence-corrected chi connectivity index (χ4v) is 4.34. The molecule has 3 aromatic heterocycles. The number of hydrogen-bond acceptors (Lipinski definition) is 8. The van der Waals surface area contributed by atoms with E-state index in [0.29, 0.717) is 36.0 Å². The van der Waals surface area contributed by atoms with E-state index in [9.17, 15) is 4.79 Å². The van der Waals surface area contributed by atoms with Gasteiger partial charge in [-0.15, -0.1) is 10.2 Å². The van der Waals surface area contributed by atoms with Gasteiger partial charge in [0.05, 0.1) is 6.61 Å². The fourth-order valence-electron chi connectivity index (χ4n) is 4.34. The van der Waals surface area contributed by atoms with E-state index in [1.807, 2.05) is 42.5 Å². The average molecular weight is 494 g/mol. The van der Waals surface area contributed by atoms with E-state index >= 15 is 0 Å². The minimum atomic E-state index is -0.384. The molecule has 186 valence electrons. The second kappa shape index (κ2) is 10.9. The number of tetrazole rings is 1. The highest BCUT2D eigenvalue weighted by Crippen LogP contribution is 2.31. The fraction of sp³-hybridized carbons (Fsp3) is 0.214. The lowest BCUT2D eigenvalue weighted by Gasteiger charge is -2.25. The first-order valence-electron chi connectivity index (χ1n) is 12.3. The number of aromatic nitrogens is 6. The van der Waals surface area contributed by atoms with Gasteiger partial charge < -0.3 is 9.64 Å². The standard InChI is InChI=1S/C28H27N7O2/c1-3-16-35(27-24(28(36)37-4-2)17-21-8-7-15-29-25(21)30-27)18-19-11-13-20(14-12-19)22-9-5-6-10-23(22)26-31-33-34-32-26/h5-15,17H,3-4,16,18H2,1-2H3,(H,31,32,33,34). The molecular weight excluding hydrogens is 466 g/mol. The average Bonchev–Trinajstić information content (AvgIpc) is 3.48. The summed E-state index contributed by atoms with van der Waals surface area (Å²) in [6, 6.07) is 21.9. The molecule has 0 unspecified atom stereocenters. The Kier molecular flexibility index (Phi) is 7.12. The summed E-state index contributed by atoms with van der Waals surface area (Å²) in [7, 11) is 0. The van der Waals surface area contributed by atoms with Gasteiger partial charge in [0.2, 0.25) is 5.82 Å². The van der Waals surface area contributed by atoms with Gasteiger partial charge in [-0.3, -0.25) is 0 Å².